The first kappa shape index (κ1) is 12.5. The van der Waals surface area contributed by atoms with Gasteiger partial charge in [0, 0.05) is 18.1 Å². The number of thioether (sulfide) groups is 1. The summed E-state index contributed by atoms with van der Waals surface area (Å²) in [5, 5.41) is 3.83. The van der Waals surface area contributed by atoms with E-state index in [2.05, 4.69) is 9.99 Å². The van der Waals surface area contributed by atoms with Crippen LogP contribution in [0.4, 0.5) is 0 Å². The van der Waals surface area contributed by atoms with Gasteiger partial charge in [0.15, 0.2) is 0 Å². The molecule has 3 nitrogen and oxygen atoms in total. The first-order valence-electron chi connectivity index (χ1n) is 4.11. The Bertz CT molecular complexity index is 206. The van der Waals surface area contributed by atoms with Crippen LogP contribution in [-0.2, 0) is 9.63 Å². The van der Waals surface area contributed by atoms with Gasteiger partial charge in [0.1, 0.15) is 0 Å². The van der Waals surface area contributed by atoms with Crippen LogP contribution in [0.3, 0.4) is 0 Å². The minimum absolute atomic E-state index is 0.0432. The number of oxime groups is 1. The topological polar surface area (TPSA) is 38.7 Å². The molecule has 4 heteroatoms. The summed E-state index contributed by atoms with van der Waals surface area (Å²) in [5.74, 6) is 0.416. The summed E-state index contributed by atoms with van der Waals surface area (Å²) >= 11 is 1.67. The van der Waals surface area contributed by atoms with Crippen molar-refractivity contribution < 1.29 is 9.63 Å². The normalized spacial score (nSPS) is 12.8. The average molecular weight is 203 g/mol. The zero-order chi connectivity index (χ0) is 10.5. The number of rotatable bonds is 3. The molecule has 0 rings (SSSR count). The standard InChI is InChI=1S/C9H17NO2S/c1-7(11)12-10-8(6-13-5)9(2,3)4/h6H2,1-5H3. The van der Waals surface area contributed by atoms with E-state index in [9.17, 15) is 4.79 Å². The Balaban J connectivity index is 4.41. The molecule has 0 unspecified atom stereocenters. The lowest BCUT2D eigenvalue weighted by molar-refractivity contribution is -0.141. The van der Waals surface area contributed by atoms with E-state index in [1.807, 2.05) is 27.0 Å². The van der Waals surface area contributed by atoms with Crippen LogP contribution in [-0.4, -0.2) is 23.7 Å². The number of carbonyl (C=O) groups is 1. The van der Waals surface area contributed by atoms with Gasteiger partial charge >= 0.3 is 5.97 Å². The van der Waals surface area contributed by atoms with E-state index >= 15 is 0 Å². The fourth-order valence-corrected chi connectivity index (χ4v) is 1.40. The molecule has 0 aliphatic heterocycles. The Morgan fingerprint density at radius 1 is 1.46 bits per heavy atom. The maximum Gasteiger partial charge on any atom is 0.331 e. The Hall–Kier alpha value is -0.510. The van der Waals surface area contributed by atoms with Crippen molar-refractivity contribution >= 4 is 23.4 Å². The van der Waals surface area contributed by atoms with Crippen molar-refractivity contribution in [1.29, 1.82) is 0 Å². The molecule has 0 atom stereocenters. The zero-order valence-electron chi connectivity index (χ0n) is 8.88. The van der Waals surface area contributed by atoms with Crippen LogP contribution in [0.25, 0.3) is 0 Å². The van der Waals surface area contributed by atoms with Gasteiger partial charge in [-0.2, -0.15) is 11.8 Å². The van der Waals surface area contributed by atoms with Gasteiger partial charge in [0.05, 0.1) is 5.71 Å². The monoisotopic (exact) mass is 203 g/mol. The Morgan fingerprint density at radius 3 is 2.31 bits per heavy atom. The molecule has 0 saturated heterocycles. The summed E-state index contributed by atoms with van der Waals surface area (Å²) in [4.78, 5) is 15.2. The molecule has 0 radical (unpaired) electrons. The number of nitrogens with zero attached hydrogens (tertiary/aromatic N) is 1. The molecule has 0 bridgehead atoms. The largest absolute Gasteiger partial charge is 0.331 e. The summed E-state index contributed by atoms with van der Waals surface area (Å²) in [6.07, 6.45) is 2.00. The van der Waals surface area contributed by atoms with Crippen LogP contribution in [0.5, 0.6) is 0 Å². The van der Waals surface area contributed by atoms with E-state index < -0.39 is 0 Å². The predicted octanol–water partition coefficient (Wildman–Crippen LogP) is 2.31. The SMILES string of the molecule is CSCC(=NOC(C)=O)C(C)(C)C. The molecule has 0 N–H and O–H groups in total. The van der Waals surface area contributed by atoms with Crippen LogP contribution in [0.2, 0.25) is 0 Å². The lowest BCUT2D eigenvalue weighted by atomic mass is 9.91. The molecule has 0 aromatic heterocycles. The average Bonchev–Trinajstić information content (AvgIpc) is 1.95. The van der Waals surface area contributed by atoms with Crippen LogP contribution >= 0.6 is 11.8 Å². The first-order valence-corrected chi connectivity index (χ1v) is 5.51. The maximum absolute atomic E-state index is 10.5. The molecule has 0 aromatic carbocycles. The zero-order valence-corrected chi connectivity index (χ0v) is 9.70. The predicted molar refractivity (Wildman–Crippen MR) is 57.0 cm³/mol. The summed E-state index contributed by atoms with van der Waals surface area (Å²) in [6.45, 7) is 7.49. The van der Waals surface area contributed by atoms with Gasteiger partial charge in [-0.15, -0.1) is 0 Å². The lowest BCUT2D eigenvalue weighted by Gasteiger charge is -2.19. The third-order valence-electron chi connectivity index (χ3n) is 1.43. The van der Waals surface area contributed by atoms with Gasteiger partial charge in [-0.3, -0.25) is 0 Å². The summed E-state index contributed by atoms with van der Waals surface area (Å²) in [7, 11) is 0. The number of hydrogen-bond acceptors (Lipinski definition) is 4. The number of hydrogen-bond donors (Lipinski definition) is 0. The van der Waals surface area contributed by atoms with E-state index in [-0.39, 0.29) is 11.4 Å². The highest BCUT2D eigenvalue weighted by molar-refractivity contribution is 7.99. The second-order valence-corrected chi connectivity index (χ2v) is 4.67. The molecule has 0 spiro atoms. The lowest BCUT2D eigenvalue weighted by Crippen LogP contribution is -2.23. The van der Waals surface area contributed by atoms with Gasteiger partial charge in [0.2, 0.25) is 0 Å². The van der Waals surface area contributed by atoms with Crippen molar-refractivity contribution in [3.05, 3.63) is 0 Å². The molecule has 0 saturated carbocycles. The molecular formula is C9H17NO2S. The van der Waals surface area contributed by atoms with Crippen molar-refractivity contribution in [2.75, 3.05) is 12.0 Å². The van der Waals surface area contributed by atoms with Crippen molar-refractivity contribution in [1.82, 2.24) is 0 Å². The third-order valence-corrected chi connectivity index (χ3v) is 1.99. The Labute approximate surface area is 83.9 Å². The van der Waals surface area contributed by atoms with Gasteiger partial charge in [-0.1, -0.05) is 25.9 Å². The van der Waals surface area contributed by atoms with Crippen molar-refractivity contribution in [2.45, 2.75) is 27.7 Å². The maximum atomic E-state index is 10.5. The van der Waals surface area contributed by atoms with E-state index in [0.717, 1.165) is 11.5 Å². The Morgan fingerprint density at radius 2 is 2.00 bits per heavy atom. The van der Waals surface area contributed by atoms with Gasteiger partial charge < -0.3 is 4.84 Å². The Kier molecular flexibility index (Phi) is 5.06. The van der Waals surface area contributed by atoms with Gasteiger partial charge in [-0.25, -0.2) is 4.79 Å². The van der Waals surface area contributed by atoms with Crippen LogP contribution in [0, 0.1) is 5.41 Å². The quantitative estimate of drug-likeness (QED) is 0.401. The molecule has 0 fully saturated rings. The first-order chi connectivity index (χ1) is 5.88. The van der Waals surface area contributed by atoms with Gasteiger partial charge in [-0.05, 0) is 6.26 Å². The fraction of sp³-hybridized carbons (Fsp3) is 0.778. The van der Waals surface area contributed by atoms with Gasteiger partial charge in [0.25, 0.3) is 0 Å². The molecule has 0 amide bonds. The second kappa shape index (κ2) is 5.27. The van der Waals surface area contributed by atoms with Crippen LogP contribution in [0.15, 0.2) is 5.16 Å². The van der Waals surface area contributed by atoms with Crippen molar-refractivity contribution in [3.8, 4) is 0 Å². The highest BCUT2D eigenvalue weighted by Gasteiger charge is 2.19. The summed E-state index contributed by atoms with van der Waals surface area (Å²) in [6, 6.07) is 0. The van der Waals surface area contributed by atoms with Crippen LogP contribution < -0.4 is 0 Å². The van der Waals surface area contributed by atoms with Crippen LogP contribution in [0.1, 0.15) is 27.7 Å². The molecule has 0 heterocycles. The molecule has 0 aliphatic carbocycles. The molecular weight excluding hydrogens is 186 g/mol. The summed E-state index contributed by atoms with van der Waals surface area (Å²) < 4.78 is 0. The van der Waals surface area contributed by atoms with E-state index in [0.29, 0.717) is 0 Å². The molecule has 0 aromatic rings. The second-order valence-electron chi connectivity index (χ2n) is 3.80. The third kappa shape index (κ3) is 5.69. The van der Waals surface area contributed by atoms with E-state index in [1.54, 1.807) is 11.8 Å². The number of carbonyl (C=O) groups excluding carboxylic acids is 1. The van der Waals surface area contributed by atoms with Crippen molar-refractivity contribution in [2.24, 2.45) is 10.6 Å². The molecule has 13 heavy (non-hydrogen) atoms. The van der Waals surface area contributed by atoms with Crippen molar-refractivity contribution in [3.63, 3.8) is 0 Å². The molecule has 76 valence electrons. The fourth-order valence-electron chi connectivity index (χ4n) is 0.636. The minimum Gasteiger partial charge on any atom is -0.319 e. The van der Waals surface area contributed by atoms with E-state index in [1.165, 1.54) is 6.92 Å². The van der Waals surface area contributed by atoms with E-state index in [4.69, 9.17) is 0 Å². The molecule has 0 aliphatic rings. The highest BCUT2D eigenvalue weighted by atomic mass is 32.2. The summed E-state index contributed by atoms with van der Waals surface area (Å²) in [5.41, 5.74) is 0.855. The highest BCUT2D eigenvalue weighted by Crippen LogP contribution is 2.18. The smallest absolute Gasteiger partial charge is 0.319 e. The minimum atomic E-state index is -0.372.